The molecule has 0 aliphatic carbocycles. The van der Waals surface area contributed by atoms with E-state index in [1.807, 2.05) is 6.07 Å². The Morgan fingerprint density at radius 2 is 2.19 bits per heavy atom. The lowest BCUT2D eigenvalue weighted by Gasteiger charge is -2.17. The maximum atomic E-state index is 10.6. The van der Waals surface area contributed by atoms with Crippen LogP contribution in [-0.4, -0.2) is 16.0 Å². The van der Waals surface area contributed by atoms with Crippen molar-refractivity contribution in [3.05, 3.63) is 34.6 Å². The summed E-state index contributed by atoms with van der Waals surface area (Å²) < 4.78 is 2.33. The van der Waals surface area contributed by atoms with E-state index in [0.29, 0.717) is 17.3 Å². The highest BCUT2D eigenvalue weighted by Gasteiger charge is 2.32. The Morgan fingerprint density at radius 3 is 2.90 bits per heavy atom. The van der Waals surface area contributed by atoms with Crippen LogP contribution < -0.4 is 5.32 Å². The zero-order chi connectivity index (χ0) is 15.2. The van der Waals surface area contributed by atoms with E-state index in [4.69, 9.17) is 11.6 Å². The highest BCUT2D eigenvalue weighted by molar-refractivity contribution is 6.33. The molecule has 2 aromatic rings. The summed E-state index contributed by atoms with van der Waals surface area (Å²) >= 11 is 6.32. The van der Waals surface area contributed by atoms with Gasteiger partial charge < -0.3 is 9.88 Å². The number of amides is 1. The smallest absolute Gasteiger partial charge is 0.212 e. The van der Waals surface area contributed by atoms with E-state index in [1.54, 1.807) is 6.20 Å². The van der Waals surface area contributed by atoms with Crippen molar-refractivity contribution in [3.63, 3.8) is 0 Å². The summed E-state index contributed by atoms with van der Waals surface area (Å²) in [5.41, 5.74) is 4.91. The summed E-state index contributed by atoms with van der Waals surface area (Å²) in [6.07, 6.45) is 3.27. The van der Waals surface area contributed by atoms with Gasteiger partial charge in [0.1, 0.15) is 5.82 Å². The lowest BCUT2D eigenvalue weighted by Crippen LogP contribution is -2.13. The van der Waals surface area contributed by atoms with E-state index in [1.165, 1.54) is 11.3 Å². The number of anilines is 1. The zero-order valence-corrected chi connectivity index (χ0v) is 13.2. The van der Waals surface area contributed by atoms with Crippen molar-refractivity contribution in [3.8, 4) is 11.3 Å². The molecular weight excluding hydrogens is 286 g/mol. The predicted octanol–water partition coefficient (Wildman–Crippen LogP) is 3.66. The maximum absolute atomic E-state index is 10.6. The number of pyridine rings is 1. The molecule has 110 valence electrons. The van der Waals surface area contributed by atoms with Crippen LogP contribution in [0.4, 0.5) is 5.82 Å². The lowest BCUT2D eigenvalue weighted by atomic mass is 9.90. The molecule has 3 rings (SSSR count). The molecular formula is C16H18ClN3O. The van der Waals surface area contributed by atoms with Crippen molar-refractivity contribution in [2.24, 2.45) is 5.41 Å². The van der Waals surface area contributed by atoms with Crippen molar-refractivity contribution < 1.29 is 4.79 Å². The topological polar surface area (TPSA) is 46.9 Å². The Kier molecular flexibility index (Phi) is 3.29. The number of nitrogens with zero attached hydrogens (tertiary/aromatic N) is 2. The second-order valence-corrected chi connectivity index (χ2v) is 6.81. The number of carbonyl (C=O) groups is 1. The molecule has 3 heterocycles. The summed E-state index contributed by atoms with van der Waals surface area (Å²) in [5, 5.41) is 3.17. The molecule has 0 radical (unpaired) electrons. The fourth-order valence-electron chi connectivity index (χ4n) is 3.07. The van der Waals surface area contributed by atoms with Crippen LogP contribution in [0.15, 0.2) is 18.3 Å². The highest BCUT2D eigenvalue weighted by Crippen LogP contribution is 2.40. The minimum atomic E-state index is 0.263. The van der Waals surface area contributed by atoms with Gasteiger partial charge in [-0.25, -0.2) is 4.98 Å². The van der Waals surface area contributed by atoms with Gasteiger partial charge in [-0.3, -0.25) is 4.79 Å². The van der Waals surface area contributed by atoms with Gasteiger partial charge in [-0.2, -0.15) is 0 Å². The molecule has 21 heavy (non-hydrogen) atoms. The fourth-order valence-corrected chi connectivity index (χ4v) is 3.27. The molecule has 1 aliphatic heterocycles. The van der Waals surface area contributed by atoms with Crippen LogP contribution in [0.5, 0.6) is 0 Å². The number of hydrogen-bond acceptors (Lipinski definition) is 2. The van der Waals surface area contributed by atoms with Crippen LogP contribution in [-0.2, 0) is 17.8 Å². The van der Waals surface area contributed by atoms with Gasteiger partial charge in [0.05, 0.1) is 10.7 Å². The molecule has 1 N–H and O–H groups in total. The van der Waals surface area contributed by atoms with Gasteiger partial charge in [0.2, 0.25) is 6.41 Å². The Bertz CT molecular complexity index is 719. The summed E-state index contributed by atoms with van der Waals surface area (Å²) in [6, 6.07) is 3.99. The minimum absolute atomic E-state index is 0.263. The van der Waals surface area contributed by atoms with Gasteiger partial charge in [-0.15, -0.1) is 0 Å². The number of nitrogens with one attached hydrogen (secondary N) is 1. The summed E-state index contributed by atoms with van der Waals surface area (Å²) in [6.45, 7) is 7.66. The molecule has 0 spiro atoms. The first-order chi connectivity index (χ1) is 9.91. The molecule has 1 aliphatic rings. The van der Waals surface area contributed by atoms with E-state index < -0.39 is 0 Å². The largest absolute Gasteiger partial charge is 0.344 e. The SMILES string of the molecule is Cc1cc(-c2cc(NC=O)ncc2Cl)n2c1CC(C)(C)C2. The van der Waals surface area contributed by atoms with Crippen molar-refractivity contribution in [2.45, 2.75) is 33.7 Å². The molecule has 0 unspecified atom stereocenters. The predicted molar refractivity (Wildman–Crippen MR) is 84.6 cm³/mol. The van der Waals surface area contributed by atoms with Crippen molar-refractivity contribution >= 4 is 23.8 Å². The van der Waals surface area contributed by atoms with Crippen LogP contribution in [0.2, 0.25) is 5.02 Å². The van der Waals surface area contributed by atoms with Crippen molar-refractivity contribution in [1.29, 1.82) is 0 Å². The number of rotatable bonds is 3. The van der Waals surface area contributed by atoms with Gasteiger partial charge in [-0.05, 0) is 36.5 Å². The molecule has 0 saturated heterocycles. The average molecular weight is 304 g/mol. The van der Waals surface area contributed by atoms with Gasteiger partial charge in [0.15, 0.2) is 0 Å². The standard InChI is InChI=1S/C16H18ClN3O/c1-10-4-13(20-8-16(2,3)6-14(10)20)11-5-15(19-9-21)18-7-12(11)17/h4-5,7,9H,6,8H2,1-3H3,(H,18,19,21). The lowest BCUT2D eigenvalue weighted by molar-refractivity contribution is -0.105. The summed E-state index contributed by atoms with van der Waals surface area (Å²) in [4.78, 5) is 14.7. The number of aromatic nitrogens is 2. The first-order valence-electron chi connectivity index (χ1n) is 6.96. The van der Waals surface area contributed by atoms with Crippen LogP contribution in [0, 0.1) is 12.3 Å². The number of aryl methyl sites for hydroxylation is 1. The number of fused-ring (bicyclic) bond motifs is 1. The third-order valence-corrected chi connectivity index (χ3v) is 4.30. The summed E-state index contributed by atoms with van der Waals surface area (Å²) in [7, 11) is 0. The first-order valence-corrected chi connectivity index (χ1v) is 7.34. The van der Waals surface area contributed by atoms with Gasteiger partial charge in [-0.1, -0.05) is 25.4 Å². The maximum Gasteiger partial charge on any atom is 0.212 e. The Morgan fingerprint density at radius 1 is 1.43 bits per heavy atom. The Balaban J connectivity index is 2.13. The minimum Gasteiger partial charge on any atom is -0.344 e. The Hall–Kier alpha value is -1.81. The fraction of sp³-hybridized carbons (Fsp3) is 0.375. The van der Waals surface area contributed by atoms with Crippen LogP contribution in [0.3, 0.4) is 0 Å². The number of hydrogen-bond donors (Lipinski definition) is 1. The third-order valence-electron chi connectivity index (χ3n) is 4.00. The van der Waals surface area contributed by atoms with E-state index in [-0.39, 0.29) is 5.41 Å². The molecule has 0 bridgehead atoms. The quantitative estimate of drug-likeness (QED) is 0.880. The van der Waals surface area contributed by atoms with Crippen LogP contribution in [0.25, 0.3) is 11.3 Å². The molecule has 0 fully saturated rings. The van der Waals surface area contributed by atoms with E-state index >= 15 is 0 Å². The first kappa shape index (κ1) is 14.1. The molecule has 0 saturated carbocycles. The zero-order valence-electron chi connectivity index (χ0n) is 12.4. The van der Waals surface area contributed by atoms with Crippen LogP contribution >= 0.6 is 11.6 Å². The molecule has 4 nitrogen and oxygen atoms in total. The van der Waals surface area contributed by atoms with Gasteiger partial charge in [0.25, 0.3) is 0 Å². The van der Waals surface area contributed by atoms with E-state index in [9.17, 15) is 4.79 Å². The average Bonchev–Trinajstić information content (AvgIpc) is 2.87. The second kappa shape index (κ2) is 4.88. The number of carbonyl (C=O) groups excluding carboxylic acids is 1. The Labute approximate surface area is 129 Å². The number of halogens is 1. The van der Waals surface area contributed by atoms with Crippen molar-refractivity contribution in [1.82, 2.24) is 9.55 Å². The highest BCUT2D eigenvalue weighted by atomic mass is 35.5. The van der Waals surface area contributed by atoms with E-state index in [2.05, 4.69) is 41.7 Å². The van der Waals surface area contributed by atoms with Crippen LogP contribution in [0.1, 0.15) is 25.1 Å². The monoisotopic (exact) mass is 303 g/mol. The van der Waals surface area contributed by atoms with E-state index in [0.717, 1.165) is 24.2 Å². The third kappa shape index (κ3) is 2.44. The molecule has 0 aromatic carbocycles. The summed E-state index contributed by atoms with van der Waals surface area (Å²) in [5.74, 6) is 0.509. The molecule has 5 heteroatoms. The normalized spacial score (nSPS) is 15.8. The van der Waals surface area contributed by atoms with Gasteiger partial charge in [0, 0.05) is 24.0 Å². The molecule has 1 amide bonds. The molecule has 0 atom stereocenters. The van der Waals surface area contributed by atoms with Crippen molar-refractivity contribution in [2.75, 3.05) is 5.32 Å². The molecule has 2 aromatic heterocycles. The second-order valence-electron chi connectivity index (χ2n) is 6.40. The van der Waals surface area contributed by atoms with Gasteiger partial charge >= 0.3 is 0 Å².